The smallest absolute Gasteiger partial charge is 0.142 e. The zero-order valence-electron chi connectivity index (χ0n) is 10.2. The minimum Gasteiger partial charge on any atom is -0.490 e. The molecule has 0 radical (unpaired) electrons. The first-order valence-corrected chi connectivity index (χ1v) is 6.39. The van der Waals surface area contributed by atoms with Gasteiger partial charge < -0.3 is 10.1 Å². The molecule has 1 heterocycles. The molecule has 2 aromatic carbocycles. The summed E-state index contributed by atoms with van der Waals surface area (Å²) in [5, 5.41) is 4.11. The van der Waals surface area contributed by atoms with Gasteiger partial charge in [0.2, 0.25) is 0 Å². The van der Waals surface area contributed by atoms with E-state index in [9.17, 15) is 0 Å². The van der Waals surface area contributed by atoms with Crippen LogP contribution < -0.4 is 10.1 Å². The molecule has 92 valence electrons. The molecule has 0 saturated heterocycles. The molecule has 0 saturated carbocycles. The first-order valence-electron chi connectivity index (χ1n) is 6.01. The van der Waals surface area contributed by atoms with E-state index in [2.05, 4.69) is 24.4 Å². The molecule has 18 heavy (non-hydrogen) atoms. The summed E-state index contributed by atoms with van der Waals surface area (Å²) in [7, 11) is 0. The van der Waals surface area contributed by atoms with Gasteiger partial charge in [-0.15, -0.1) is 0 Å². The Morgan fingerprint density at radius 2 is 2.06 bits per heavy atom. The molecule has 0 unspecified atom stereocenters. The van der Waals surface area contributed by atoms with Crippen LogP contribution in [0.1, 0.15) is 5.56 Å². The first-order chi connectivity index (χ1) is 8.74. The maximum Gasteiger partial charge on any atom is 0.142 e. The number of ether oxygens (including phenoxy) is 1. The molecule has 2 nitrogen and oxygen atoms in total. The van der Waals surface area contributed by atoms with E-state index in [1.54, 1.807) is 0 Å². The first kappa shape index (κ1) is 11.4. The van der Waals surface area contributed by atoms with Gasteiger partial charge >= 0.3 is 0 Å². The van der Waals surface area contributed by atoms with Gasteiger partial charge in [-0.05, 0) is 47.9 Å². The van der Waals surface area contributed by atoms with Crippen molar-refractivity contribution in [3.05, 3.63) is 47.0 Å². The molecule has 0 atom stereocenters. The fraction of sp³-hybridized carbons (Fsp3) is 0.200. The Bertz CT molecular complexity index is 595. The molecule has 0 fully saturated rings. The van der Waals surface area contributed by atoms with Gasteiger partial charge in [-0.25, -0.2) is 0 Å². The van der Waals surface area contributed by atoms with E-state index in [1.165, 1.54) is 5.56 Å². The lowest BCUT2D eigenvalue weighted by atomic mass is 10.00. The van der Waals surface area contributed by atoms with Gasteiger partial charge in [0.25, 0.3) is 0 Å². The van der Waals surface area contributed by atoms with Gasteiger partial charge in [-0.2, -0.15) is 0 Å². The lowest BCUT2D eigenvalue weighted by Gasteiger charge is -2.20. The van der Waals surface area contributed by atoms with Crippen molar-refractivity contribution in [1.29, 1.82) is 0 Å². The summed E-state index contributed by atoms with van der Waals surface area (Å²) in [5.74, 6) is 0.921. The molecule has 0 amide bonds. The Balaban J connectivity index is 2.09. The van der Waals surface area contributed by atoms with Crippen LogP contribution in [0.4, 0.5) is 5.69 Å². The van der Waals surface area contributed by atoms with Crippen molar-refractivity contribution < 1.29 is 4.74 Å². The van der Waals surface area contributed by atoms with Gasteiger partial charge in [0, 0.05) is 11.6 Å². The number of aryl methyl sites for hydroxylation is 1. The second-order valence-electron chi connectivity index (χ2n) is 4.45. The van der Waals surface area contributed by atoms with E-state index in [4.69, 9.17) is 16.3 Å². The predicted octanol–water partition coefficient (Wildman–Crippen LogP) is 4.12. The summed E-state index contributed by atoms with van der Waals surface area (Å²) in [5.41, 5.74) is 4.60. The topological polar surface area (TPSA) is 21.3 Å². The van der Waals surface area contributed by atoms with Crippen LogP contribution in [-0.4, -0.2) is 13.2 Å². The Hall–Kier alpha value is -1.67. The summed E-state index contributed by atoms with van der Waals surface area (Å²) in [6.45, 7) is 3.67. The minimum absolute atomic E-state index is 0.725. The zero-order chi connectivity index (χ0) is 12.5. The quantitative estimate of drug-likeness (QED) is 0.832. The molecule has 1 aliphatic heterocycles. The standard InChI is InChI=1S/C15H14ClNO/c1-10-2-4-12(16)9-13(10)11-3-5-15-14(8-11)17-6-7-18-15/h2-5,8-9,17H,6-7H2,1H3. The van der Waals surface area contributed by atoms with Crippen LogP contribution in [0, 0.1) is 6.92 Å². The fourth-order valence-electron chi connectivity index (χ4n) is 2.21. The molecule has 3 heteroatoms. The normalized spacial score (nSPS) is 13.4. The monoisotopic (exact) mass is 259 g/mol. The van der Waals surface area contributed by atoms with Crippen molar-refractivity contribution in [2.75, 3.05) is 18.5 Å². The molecule has 0 aliphatic carbocycles. The van der Waals surface area contributed by atoms with Crippen LogP contribution in [0.3, 0.4) is 0 Å². The largest absolute Gasteiger partial charge is 0.490 e. The van der Waals surface area contributed by atoms with Gasteiger partial charge in [-0.1, -0.05) is 23.7 Å². The molecular formula is C15H14ClNO. The van der Waals surface area contributed by atoms with Gasteiger partial charge in [-0.3, -0.25) is 0 Å². The van der Waals surface area contributed by atoms with Gasteiger partial charge in [0.05, 0.1) is 5.69 Å². The minimum atomic E-state index is 0.725. The number of halogens is 1. The zero-order valence-corrected chi connectivity index (χ0v) is 10.9. The van der Waals surface area contributed by atoms with Crippen molar-refractivity contribution >= 4 is 17.3 Å². The highest BCUT2D eigenvalue weighted by molar-refractivity contribution is 6.30. The summed E-state index contributed by atoms with van der Waals surface area (Å²) in [6, 6.07) is 12.2. The van der Waals surface area contributed by atoms with Gasteiger partial charge in [0.15, 0.2) is 0 Å². The second kappa shape index (κ2) is 4.54. The summed E-state index contributed by atoms with van der Waals surface area (Å²) in [6.07, 6.45) is 0. The predicted molar refractivity (Wildman–Crippen MR) is 75.6 cm³/mol. The maximum absolute atomic E-state index is 6.07. The molecule has 1 aliphatic rings. The Kier molecular flexibility index (Phi) is 2.88. The van der Waals surface area contributed by atoms with E-state index in [0.717, 1.165) is 40.7 Å². The number of fused-ring (bicyclic) bond motifs is 1. The molecule has 0 aromatic heterocycles. The van der Waals surface area contributed by atoms with E-state index in [-0.39, 0.29) is 0 Å². The molecule has 3 rings (SSSR count). The van der Waals surface area contributed by atoms with Crippen LogP contribution in [-0.2, 0) is 0 Å². The second-order valence-corrected chi connectivity index (χ2v) is 4.88. The average molecular weight is 260 g/mol. The third-order valence-electron chi connectivity index (χ3n) is 3.17. The number of anilines is 1. The van der Waals surface area contributed by atoms with Crippen LogP contribution in [0.15, 0.2) is 36.4 Å². The molecule has 0 spiro atoms. The fourth-order valence-corrected chi connectivity index (χ4v) is 2.39. The SMILES string of the molecule is Cc1ccc(Cl)cc1-c1ccc2c(c1)NCCO2. The number of hydrogen-bond acceptors (Lipinski definition) is 2. The van der Waals surface area contributed by atoms with Crippen LogP contribution >= 0.6 is 11.6 Å². The van der Waals surface area contributed by atoms with Crippen LogP contribution in [0.25, 0.3) is 11.1 Å². The summed E-state index contributed by atoms with van der Waals surface area (Å²) < 4.78 is 5.58. The number of rotatable bonds is 1. The molecule has 2 aromatic rings. The highest BCUT2D eigenvalue weighted by atomic mass is 35.5. The summed E-state index contributed by atoms with van der Waals surface area (Å²) >= 11 is 6.07. The average Bonchev–Trinajstić information content (AvgIpc) is 2.41. The third-order valence-corrected chi connectivity index (χ3v) is 3.40. The Labute approximate surface area is 112 Å². The lowest BCUT2D eigenvalue weighted by Crippen LogP contribution is -2.17. The summed E-state index contributed by atoms with van der Waals surface area (Å²) in [4.78, 5) is 0. The Morgan fingerprint density at radius 3 is 2.94 bits per heavy atom. The van der Waals surface area contributed by atoms with E-state index in [1.807, 2.05) is 24.3 Å². The highest BCUT2D eigenvalue weighted by Gasteiger charge is 2.11. The van der Waals surface area contributed by atoms with Crippen molar-refractivity contribution in [2.24, 2.45) is 0 Å². The number of hydrogen-bond donors (Lipinski definition) is 1. The highest BCUT2D eigenvalue weighted by Crippen LogP contribution is 2.34. The molecule has 1 N–H and O–H groups in total. The van der Waals surface area contributed by atoms with Crippen molar-refractivity contribution in [1.82, 2.24) is 0 Å². The lowest BCUT2D eigenvalue weighted by molar-refractivity contribution is 0.323. The Morgan fingerprint density at radius 1 is 1.17 bits per heavy atom. The van der Waals surface area contributed by atoms with Crippen molar-refractivity contribution in [3.63, 3.8) is 0 Å². The van der Waals surface area contributed by atoms with E-state index >= 15 is 0 Å². The van der Waals surface area contributed by atoms with E-state index < -0.39 is 0 Å². The molecule has 0 bridgehead atoms. The van der Waals surface area contributed by atoms with Crippen molar-refractivity contribution in [2.45, 2.75) is 6.92 Å². The molecular weight excluding hydrogens is 246 g/mol. The number of nitrogens with one attached hydrogen (secondary N) is 1. The third kappa shape index (κ3) is 2.04. The van der Waals surface area contributed by atoms with Crippen LogP contribution in [0.2, 0.25) is 5.02 Å². The number of benzene rings is 2. The maximum atomic E-state index is 6.07. The van der Waals surface area contributed by atoms with E-state index in [0.29, 0.717) is 0 Å². The van der Waals surface area contributed by atoms with Gasteiger partial charge in [0.1, 0.15) is 12.4 Å². The van der Waals surface area contributed by atoms with Crippen LogP contribution in [0.5, 0.6) is 5.75 Å². The van der Waals surface area contributed by atoms with Crippen molar-refractivity contribution in [3.8, 4) is 16.9 Å².